The van der Waals surface area contributed by atoms with Crippen molar-refractivity contribution in [2.45, 2.75) is 59.2 Å². The Labute approximate surface area is 247 Å². The third-order valence-corrected chi connectivity index (χ3v) is 13.1. The average Bonchev–Trinajstić information content (AvgIpc) is 3.48. The van der Waals surface area contributed by atoms with E-state index in [1.54, 1.807) is 11.4 Å². The number of rotatable bonds is 9. The van der Waals surface area contributed by atoms with Crippen LogP contribution in [0, 0.1) is 0 Å². The van der Waals surface area contributed by atoms with E-state index >= 15 is 0 Å². The molecule has 0 unspecified atom stereocenters. The predicted octanol–water partition coefficient (Wildman–Crippen LogP) is 4.04. The molecule has 42 heavy (non-hydrogen) atoms. The molecule has 9 nitrogen and oxygen atoms in total. The minimum Gasteiger partial charge on any atom is -0.376 e. The van der Waals surface area contributed by atoms with Crippen LogP contribution in [-0.2, 0) is 25.6 Å². The van der Waals surface area contributed by atoms with Crippen LogP contribution < -0.4 is 4.90 Å². The first-order valence-electron chi connectivity index (χ1n) is 13.3. The van der Waals surface area contributed by atoms with Crippen LogP contribution >= 0.6 is 11.3 Å². The molecule has 1 saturated carbocycles. The number of aliphatic hydroxyl groups is 1. The lowest BCUT2D eigenvalue weighted by atomic mass is 9.92. The Kier molecular flexibility index (Phi) is 8.46. The fourth-order valence-corrected chi connectivity index (χ4v) is 9.48. The maximum Gasteiger partial charge on any atom is 0.421 e. The molecule has 3 heterocycles. The van der Waals surface area contributed by atoms with Crippen LogP contribution in [0.2, 0.25) is 0 Å². The lowest BCUT2D eigenvalue weighted by Crippen LogP contribution is -2.60. The van der Waals surface area contributed by atoms with E-state index in [1.165, 1.54) is 63.5 Å². The molecule has 2 atom stereocenters. The van der Waals surface area contributed by atoms with Crippen LogP contribution in [0.25, 0.3) is 0 Å². The first-order chi connectivity index (χ1) is 19.7. The number of sulfonamides is 2. The molecule has 0 radical (unpaired) electrons. The second-order valence-electron chi connectivity index (χ2n) is 10.6. The third kappa shape index (κ3) is 5.82. The molecule has 1 aromatic carbocycles. The molecule has 15 heteroatoms. The minimum atomic E-state index is -4.89. The number of nitrogens with zero attached hydrogens (tertiary/aromatic N) is 4. The van der Waals surface area contributed by atoms with Crippen molar-refractivity contribution in [2.24, 2.45) is 0 Å². The van der Waals surface area contributed by atoms with Crippen molar-refractivity contribution >= 4 is 37.1 Å². The van der Waals surface area contributed by atoms with Crippen LogP contribution in [0.15, 0.2) is 75.4 Å². The summed E-state index contributed by atoms with van der Waals surface area (Å²) in [5.74, 6) is 0. The molecular weight excluding hydrogens is 614 g/mol. The summed E-state index contributed by atoms with van der Waals surface area (Å²) in [5, 5.41) is 11.8. The highest BCUT2D eigenvalue weighted by molar-refractivity contribution is 7.91. The third-order valence-electron chi connectivity index (χ3n) is 7.96. The summed E-state index contributed by atoms with van der Waals surface area (Å²) in [6, 6.07) is 10.5. The van der Waals surface area contributed by atoms with Gasteiger partial charge in [-0.3, -0.25) is 4.98 Å². The molecule has 1 aliphatic carbocycles. The van der Waals surface area contributed by atoms with Crippen molar-refractivity contribution in [3.63, 3.8) is 0 Å². The number of aromatic nitrogens is 1. The van der Waals surface area contributed by atoms with Crippen molar-refractivity contribution < 1.29 is 35.1 Å². The molecule has 5 rings (SSSR count). The Hall–Kier alpha value is -2.56. The SMILES string of the molecule is C[C@@](O)(c1ccc(N2CCN(S(=O)(=O)c3cccs3)C[C@@H]2CN(C2CCC2)S(=O)(=O)c2cccnc2)cc1)C(F)(F)F. The number of piperazine rings is 1. The monoisotopic (exact) mass is 644 g/mol. The van der Waals surface area contributed by atoms with Gasteiger partial charge in [-0.2, -0.15) is 21.8 Å². The Bertz CT molecular complexity index is 1580. The normalized spacial score (nSPS) is 20.8. The van der Waals surface area contributed by atoms with Crippen molar-refractivity contribution in [2.75, 3.05) is 31.1 Å². The fraction of sp³-hybridized carbons (Fsp3) is 0.444. The number of anilines is 1. The highest BCUT2D eigenvalue weighted by atomic mass is 32.2. The van der Waals surface area contributed by atoms with E-state index in [2.05, 4.69) is 4.98 Å². The van der Waals surface area contributed by atoms with Gasteiger partial charge in [-0.15, -0.1) is 11.3 Å². The molecule has 0 bridgehead atoms. The van der Waals surface area contributed by atoms with Crippen molar-refractivity contribution in [3.05, 3.63) is 71.9 Å². The van der Waals surface area contributed by atoms with Gasteiger partial charge in [-0.1, -0.05) is 24.6 Å². The number of thiophene rings is 1. The first-order valence-corrected chi connectivity index (χ1v) is 17.1. The number of halogens is 3. The van der Waals surface area contributed by atoms with Crippen LogP contribution in [0.5, 0.6) is 0 Å². The number of hydrogen-bond donors (Lipinski definition) is 1. The highest BCUT2D eigenvalue weighted by Gasteiger charge is 2.51. The largest absolute Gasteiger partial charge is 0.421 e. The lowest BCUT2D eigenvalue weighted by Gasteiger charge is -2.46. The van der Waals surface area contributed by atoms with Crippen molar-refractivity contribution in [1.29, 1.82) is 0 Å². The van der Waals surface area contributed by atoms with Crippen molar-refractivity contribution in [3.8, 4) is 0 Å². The zero-order valence-electron chi connectivity index (χ0n) is 22.7. The van der Waals surface area contributed by atoms with E-state index in [0.29, 0.717) is 25.5 Å². The second kappa shape index (κ2) is 11.5. The summed E-state index contributed by atoms with van der Waals surface area (Å²) in [6.45, 7) is 0.875. The van der Waals surface area contributed by atoms with Gasteiger partial charge in [0.25, 0.3) is 10.0 Å². The molecule has 2 aliphatic rings. The summed E-state index contributed by atoms with van der Waals surface area (Å²) in [7, 11) is -7.83. The van der Waals surface area contributed by atoms with Gasteiger partial charge < -0.3 is 10.0 Å². The number of pyridine rings is 1. The predicted molar refractivity (Wildman–Crippen MR) is 152 cm³/mol. The Balaban J connectivity index is 1.50. The molecule has 1 N–H and O–H groups in total. The van der Waals surface area contributed by atoms with Crippen molar-refractivity contribution in [1.82, 2.24) is 13.6 Å². The van der Waals surface area contributed by atoms with E-state index in [4.69, 9.17) is 0 Å². The topological polar surface area (TPSA) is 111 Å². The lowest BCUT2D eigenvalue weighted by molar-refractivity contribution is -0.258. The molecule has 228 valence electrons. The van der Waals surface area contributed by atoms with E-state index in [9.17, 15) is 35.1 Å². The summed E-state index contributed by atoms with van der Waals surface area (Å²) < 4.78 is 97.7. The number of alkyl halides is 3. The highest BCUT2D eigenvalue weighted by Crippen LogP contribution is 2.39. The molecule has 2 fully saturated rings. The minimum absolute atomic E-state index is 0.0288. The van der Waals surface area contributed by atoms with Gasteiger partial charge in [0, 0.05) is 50.3 Å². The summed E-state index contributed by atoms with van der Waals surface area (Å²) in [5.41, 5.74) is -2.91. The van der Waals surface area contributed by atoms with E-state index in [0.717, 1.165) is 17.8 Å². The van der Waals surface area contributed by atoms with Gasteiger partial charge in [0.05, 0.1) is 6.04 Å². The molecule has 2 aromatic heterocycles. The van der Waals surface area contributed by atoms with E-state index < -0.39 is 37.9 Å². The Morgan fingerprint density at radius 3 is 2.31 bits per heavy atom. The van der Waals surface area contributed by atoms with Gasteiger partial charge in [0.1, 0.15) is 9.10 Å². The Morgan fingerprint density at radius 2 is 1.76 bits per heavy atom. The van der Waals surface area contributed by atoms with E-state index in [1.807, 2.05) is 4.90 Å². The summed E-state index contributed by atoms with van der Waals surface area (Å²) in [4.78, 5) is 5.82. The van der Waals surface area contributed by atoms with Gasteiger partial charge >= 0.3 is 6.18 Å². The first kappa shape index (κ1) is 30.9. The molecule has 1 saturated heterocycles. The van der Waals surface area contributed by atoms with Crippen LogP contribution in [0.1, 0.15) is 31.7 Å². The Morgan fingerprint density at radius 1 is 1.05 bits per heavy atom. The quantitative estimate of drug-likeness (QED) is 0.375. The van der Waals surface area contributed by atoms with E-state index in [-0.39, 0.29) is 46.9 Å². The zero-order chi connectivity index (χ0) is 30.3. The maximum atomic E-state index is 13.8. The number of benzene rings is 1. The molecule has 0 spiro atoms. The summed E-state index contributed by atoms with van der Waals surface area (Å²) in [6.07, 6.45) is 0.0385. The van der Waals surface area contributed by atoms with Gasteiger partial charge in [-0.05, 0) is 61.0 Å². The zero-order valence-corrected chi connectivity index (χ0v) is 25.1. The molecule has 1 aliphatic heterocycles. The maximum absolute atomic E-state index is 13.8. The molecule has 3 aromatic rings. The van der Waals surface area contributed by atoms with Crippen LogP contribution in [0.4, 0.5) is 18.9 Å². The van der Waals surface area contributed by atoms with Crippen LogP contribution in [0.3, 0.4) is 0 Å². The second-order valence-corrected chi connectivity index (χ2v) is 15.6. The number of hydrogen-bond acceptors (Lipinski definition) is 8. The standard InChI is InChI=1S/C27H31F3N4O5S3/c1-26(35,27(28,29)30)20-9-11-21(12-10-20)33-15-14-32(42(38,39)25-8-4-16-40-25)18-23(33)19-34(22-5-2-6-22)41(36,37)24-7-3-13-31-17-24/h3-4,7-13,16-17,22-23,35H,2,5-6,14-15,18-19H2,1H3/t23-,26-/m1/s1. The van der Waals surface area contributed by atoms with Gasteiger partial charge in [0.2, 0.25) is 10.0 Å². The van der Waals surface area contributed by atoms with Gasteiger partial charge in [-0.25, -0.2) is 16.8 Å². The summed E-state index contributed by atoms with van der Waals surface area (Å²) >= 11 is 1.09. The molecule has 0 amide bonds. The average molecular weight is 645 g/mol. The van der Waals surface area contributed by atoms with Crippen LogP contribution in [-0.4, -0.2) is 80.0 Å². The molecular formula is C27H31F3N4O5S3. The van der Waals surface area contributed by atoms with Gasteiger partial charge in [0.15, 0.2) is 5.60 Å². The fourth-order valence-electron chi connectivity index (χ4n) is 5.18. The smallest absolute Gasteiger partial charge is 0.376 e.